The fourth-order valence-electron chi connectivity index (χ4n) is 1.19. The minimum absolute atomic E-state index is 0.734. The van der Waals surface area contributed by atoms with Crippen LogP contribution in [0.4, 0.5) is 0 Å². The third kappa shape index (κ3) is 5.67. The summed E-state index contributed by atoms with van der Waals surface area (Å²) in [5, 5.41) is 0. The molecule has 72 valence electrons. The van der Waals surface area contributed by atoms with E-state index in [1.54, 1.807) is 0 Å². The van der Waals surface area contributed by atoms with E-state index in [1.165, 1.54) is 5.57 Å². The van der Waals surface area contributed by atoms with Crippen LogP contribution in [0.25, 0.3) is 0 Å². The van der Waals surface area contributed by atoms with Gasteiger partial charge in [-0.15, -0.1) is 0 Å². The van der Waals surface area contributed by atoms with Crippen LogP contribution < -0.4 is 0 Å². The number of thiol groups is 1. The number of nitrogens with zero attached hydrogens (tertiary/aromatic N) is 1. The Hall–Kier alpha value is 0.0500. The zero-order chi connectivity index (χ0) is 9.56. The van der Waals surface area contributed by atoms with Crippen molar-refractivity contribution in [1.29, 1.82) is 0 Å². The average Bonchev–Trinajstić information content (AvgIpc) is 2.02. The van der Waals surface area contributed by atoms with Crippen LogP contribution in [0.1, 0.15) is 20.8 Å². The van der Waals surface area contributed by atoms with E-state index in [0.29, 0.717) is 0 Å². The van der Waals surface area contributed by atoms with Gasteiger partial charge in [0.05, 0.1) is 0 Å². The van der Waals surface area contributed by atoms with E-state index in [-0.39, 0.29) is 0 Å². The first-order valence-corrected chi connectivity index (χ1v) is 5.23. The van der Waals surface area contributed by atoms with Crippen LogP contribution in [0.2, 0.25) is 0 Å². The second kappa shape index (κ2) is 6.55. The predicted octanol–water partition coefficient (Wildman–Crippen LogP) is 2.45. The normalized spacial score (nSPS) is 11.2. The van der Waals surface area contributed by atoms with Gasteiger partial charge in [0.1, 0.15) is 0 Å². The molecule has 0 saturated heterocycles. The van der Waals surface area contributed by atoms with Crippen molar-refractivity contribution in [3.05, 3.63) is 12.2 Å². The molecule has 0 radical (unpaired) electrons. The Kier molecular flexibility index (Phi) is 6.58. The molecule has 0 spiro atoms. The molecular weight excluding hydrogens is 166 g/mol. The maximum absolute atomic E-state index is 4.19. The molecule has 0 aromatic heterocycles. The van der Waals surface area contributed by atoms with Crippen LogP contribution in [0.3, 0.4) is 0 Å². The lowest BCUT2D eigenvalue weighted by Gasteiger charge is -2.22. The molecule has 0 aromatic carbocycles. The summed E-state index contributed by atoms with van der Waals surface area (Å²) in [6, 6.07) is 0. The van der Waals surface area contributed by atoms with Crippen LogP contribution in [0.15, 0.2) is 12.2 Å². The second-order valence-corrected chi connectivity index (χ2v) is 3.95. The summed E-state index contributed by atoms with van der Waals surface area (Å²) >= 11 is 4.19. The quantitative estimate of drug-likeness (QED) is 0.494. The fraction of sp³-hybridized carbons (Fsp3) is 0.800. The third-order valence-electron chi connectivity index (χ3n) is 1.74. The molecule has 0 aromatic rings. The fourth-order valence-corrected chi connectivity index (χ4v) is 1.29. The number of hydrogen-bond acceptors (Lipinski definition) is 2. The Morgan fingerprint density at radius 3 is 2.42 bits per heavy atom. The lowest BCUT2D eigenvalue weighted by molar-refractivity contribution is 0.277. The van der Waals surface area contributed by atoms with Crippen molar-refractivity contribution in [2.45, 2.75) is 20.8 Å². The van der Waals surface area contributed by atoms with Crippen LogP contribution in [-0.2, 0) is 0 Å². The van der Waals surface area contributed by atoms with Crippen LogP contribution in [-0.4, -0.2) is 30.3 Å². The smallest absolute Gasteiger partial charge is 0.0198 e. The third-order valence-corrected chi connectivity index (χ3v) is 2.19. The minimum Gasteiger partial charge on any atom is -0.299 e. The summed E-state index contributed by atoms with van der Waals surface area (Å²) in [7, 11) is 0. The van der Waals surface area contributed by atoms with E-state index in [9.17, 15) is 0 Å². The van der Waals surface area contributed by atoms with Gasteiger partial charge in [-0.1, -0.05) is 32.9 Å². The molecule has 0 fully saturated rings. The molecule has 0 aliphatic carbocycles. The Balaban J connectivity index is 3.74. The van der Waals surface area contributed by atoms with Gasteiger partial charge in [-0.25, -0.2) is 0 Å². The van der Waals surface area contributed by atoms with Crippen molar-refractivity contribution in [3.8, 4) is 0 Å². The number of rotatable bonds is 6. The second-order valence-electron chi connectivity index (χ2n) is 3.63. The summed E-state index contributed by atoms with van der Waals surface area (Å²) in [5.74, 6) is 1.53. The Morgan fingerprint density at radius 1 is 1.50 bits per heavy atom. The van der Waals surface area contributed by atoms with Gasteiger partial charge in [0.25, 0.3) is 0 Å². The Morgan fingerprint density at radius 2 is 2.08 bits per heavy atom. The van der Waals surface area contributed by atoms with Crippen molar-refractivity contribution in [3.63, 3.8) is 0 Å². The molecule has 0 aliphatic heterocycles. The standard InChI is InChI=1S/C10H21NS/c1-5-11(6-9(2)3)7-10(4)8-12/h9,12H,4-8H2,1-3H3. The SMILES string of the molecule is C=C(CS)CN(CC)CC(C)C. The minimum atomic E-state index is 0.734. The first-order chi connectivity index (χ1) is 5.60. The van der Waals surface area contributed by atoms with Crippen molar-refractivity contribution < 1.29 is 0 Å². The number of hydrogen-bond donors (Lipinski definition) is 1. The van der Waals surface area contributed by atoms with Gasteiger partial charge in [-0.3, -0.25) is 4.90 Å². The van der Waals surface area contributed by atoms with Crippen molar-refractivity contribution >= 4 is 12.6 Å². The molecule has 0 aliphatic rings. The van der Waals surface area contributed by atoms with E-state index in [0.717, 1.165) is 31.3 Å². The van der Waals surface area contributed by atoms with Crippen molar-refractivity contribution in [2.75, 3.05) is 25.4 Å². The van der Waals surface area contributed by atoms with E-state index in [2.05, 4.69) is 44.9 Å². The summed E-state index contributed by atoms with van der Waals surface area (Å²) in [4.78, 5) is 2.41. The van der Waals surface area contributed by atoms with E-state index in [4.69, 9.17) is 0 Å². The molecule has 0 saturated carbocycles. The zero-order valence-electron chi connectivity index (χ0n) is 8.51. The number of likely N-dealkylation sites (N-methyl/N-ethyl adjacent to an activating group) is 1. The predicted molar refractivity (Wildman–Crippen MR) is 59.9 cm³/mol. The van der Waals surface area contributed by atoms with Crippen LogP contribution in [0.5, 0.6) is 0 Å². The average molecular weight is 187 g/mol. The molecule has 0 amide bonds. The maximum atomic E-state index is 4.19. The zero-order valence-corrected chi connectivity index (χ0v) is 9.40. The first-order valence-electron chi connectivity index (χ1n) is 4.60. The van der Waals surface area contributed by atoms with Gasteiger partial charge in [0.15, 0.2) is 0 Å². The molecule has 12 heavy (non-hydrogen) atoms. The lowest BCUT2D eigenvalue weighted by atomic mass is 10.2. The monoisotopic (exact) mass is 187 g/mol. The topological polar surface area (TPSA) is 3.24 Å². The van der Waals surface area contributed by atoms with Gasteiger partial charge < -0.3 is 0 Å². The molecule has 0 unspecified atom stereocenters. The van der Waals surface area contributed by atoms with Gasteiger partial charge in [-0.2, -0.15) is 12.6 Å². The van der Waals surface area contributed by atoms with Crippen molar-refractivity contribution in [2.24, 2.45) is 5.92 Å². The van der Waals surface area contributed by atoms with E-state index < -0.39 is 0 Å². The highest BCUT2D eigenvalue weighted by atomic mass is 32.1. The molecule has 0 bridgehead atoms. The Labute approximate surface area is 82.2 Å². The molecule has 0 N–H and O–H groups in total. The van der Waals surface area contributed by atoms with Gasteiger partial charge in [-0.05, 0) is 12.5 Å². The van der Waals surface area contributed by atoms with E-state index in [1.807, 2.05) is 0 Å². The highest BCUT2D eigenvalue weighted by molar-refractivity contribution is 7.80. The molecule has 1 nitrogen and oxygen atoms in total. The summed E-state index contributed by atoms with van der Waals surface area (Å²) in [6.45, 7) is 13.9. The van der Waals surface area contributed by atoms with Gasteiger partial charge >= 0.3 is 0 Å². The Bertz CT molecular complexity index is 132. The molecule has 0 rings (SSSR count). The maximum Gasteiger partial charge on any atom is 0.0198 e. The molecule has 0 heterocycles. The van der Waals surface area contributed by atoms with Gasteiger partial charge in [0, 0.05) is 18.8 Å². The molecule has 0 atom stereocenters. The summed E-state index contributed by atoms with van der Waals surface area (Å²) in [6.07, 6.45) is 0. The van der Waals surface area contributed by atoms with Crippen LogP contribution in [0, 0.1) is 5.92 Å². The van der Waals surface area contributed by atoms with E-state index >= 15 is 0 Å². The largest absolute Gasteiger partial charge is 0.299 e. The van der Waals surface area contributed by atoms with Crippen LogP contribution >= 0.6 is 12.6 Å². The molecule has 2 heteroatoms. The van der Waals surface area contributed by atoms with Crippen molar-refractivity contribution in [1.82, 2.24) is 4.90 Å². The first kappa shape index (κ1) is 12.0. The lowest BCUT2D eigenvalue weighted by Crippen LogP contribution is -2.29. The van der Waals surface area contributed by atoms with Gasteiger partial charge in [0.2, 0.25) is 0 Å². The molecular formula is C10H21NS. The highest BCUT2D eigenvalue weighted by Crippen LogP contribution is 2.02. The summed E-state index contributed by atoms with van der Waals surface area (Å²) < 4.78 is 0. The highest BCUT2D eigenvalue weighted by Gasteiger charge is 2.05. The summed E-state index contributed by atoms with van der Waals surface area (Å²) in [5.41, 5.74) is 1.21.